The summed E-state index contributed by atoms with van der Waals surface area (Å²) >= 11 is 3.41. The molecule has 2 aromatic carbocycles. The highest BCUT2D eigenvalue weighted by Crippen LogP contribution is 2.39. The average Bonchev–Trinajstić information content (AvgIpc) is 2.64. The number of rotatable bonds is 7. The molecule has 0 N–H and O–H groups in total. The predicted octanol–water partition coefficient (Wildman–Crippen LogP) is 5.09. The van der Waals surface area contributed by atoms with E-state index in [-0.39, 0.29) is 18.1 Å². The number of aryl methyl sites for hydroxylation is 1. The van der Waals surface area contributed by atoms with E-state index >= 15 is 0 Å². The minimum atomic E-state index is -0.751. The average molecular weight is 453 g/mol. The first-order valence-electron chi connectivity index (χ1n) is 9.05. The van der Waals surface area contributed by atoms with Crippen LogP contribution in [0.15, 0.2) is 39.8 Å². The Bertz CT molecular complexity index is 885. The maximum atomic E-state index is 14.7. The zero-order chi connectivity index (χ0) is 20.3. The Morgan fingerprint density at radius 3 is 2.68 bits per heavy atom. The molecule has 0 unspecified atom stereocenters. The number of nitrogens with zero attached hydrogens (tertiary/aromatic N) is 2. The van der Waals surface area contributed by atoms with E-state index in [1.54, 1.807) is 18.5 Å². The lowest BCUT2D eigenvalue weighted by molar-refractivity contribution is -0.223. The van der Waals surface area contributed by atoms with E-state index in [1.807, 2.05) is 25.8 Å². The molecule has 1 heterocycles. The van der Waals surface area contributed by atoms with Crippen molar-refractivity contribution in [1.82, 2.24) is 4.90 Å². The highest BCUT2D eigenvalue weighted by molar-refractivity contribution is 9.10. The molecular weight excluding hydrogens is 430 g/mol. The third kappa shape index (κ3) is 4.42. The molecule has 1 aliphatic heterocycles. The van der Waals surface area contributed by atoms with E-state index < -0.39 is 11.4 Å². The molecule has 2 aromatic rings. The van der Waals surface area contributed by atoms with Crippen LogP contribution in [0.1, 0.15) is 23.6 Å². The molecule has 0 aromatic heterocycles. The molecule has 150 valence electrons. The number of hydrogen-bond donors (Lipinski definition) is 0. The minimum Gasteiger partial charge on any atom is -0.375 e. The number of aliphatic imine (C=N–C) groups is 1. The van der Waals surface area contributed by atoms with Gasteiger partial charge in [-0.15, -0.1) is 0 Å². The lowest BCUT2D eigenvalue weighted by atomic mass is 9.87. The molecule has 28 heavy (non-hydrogen) atoms. The molecule has 1 fully saturated rings. The van der Waals surface area contributed by atoms with Gasteiger partial charge in [0.25, 0.3) is 0 Å². The maximum absolute atomic E-state index is 14.7. The van der Waals surface area contributed by atoms with E-state index in [0.29, 0.717) is 18.8 Å². The predicted molar refractivity (Wildman–Crippen MR) is 109 cm³/mol. The molecular formula is C21H23BrF2N2O2. The van der Waals surface area contributed by atoms with Crippen LogP contribution in [0.5, 0.6) is 0 Å². The van der Waals surface area contributed by atoms with Gasteiger partial charge in [-0.2, -0.15) is 0 Å². The third-order valence-electron chi connectivity index (χ3n) is 4.86. The van der Waals surface area contributed by atoms with Gasteiger partial charge in [0.15, 0.2) is 0 Å². The van der Waals surface area contributed by atoms with Crippen LogP contribution < -0.4 is 0 Å². The third-order valence-corrected chi connectivity index (χ3v) is 5.63. The summed E-state index contributed by atoms with van der Waals surface area (Å²) in [6, 6.07) is 7.63. The molecule has 3 rings (SSSR count). The van der Waals surface area contributed by atoms with E-state index in [9.17, 15) is 8.78 Å². The van der Waals surface area contributed by atoms with Crippen LogP contribution in [0.2, 0.25) is 0 Å². The van der Waals surface area contributed by atoms with Gasteiger partial charge < -0.3 is 14.4 Å². The zero-order valence-corrected chi connectivity index (χ0v) is 17.7. The fourth-order valence-electron chi connectivity index (χ4n) is 2.97. The minimum absolute atomic E-state index is 0.184. The van der Waals surface area contributed by atoms with Crippen LogP contribution in [-0.2, 0) is 21.7 Å². The second-order valence-corrected chi connectivity index (χ2v) is 7.80. The molecule has 7 heteroatoms. The van der Waals surface area contributed by atoms with Gasteiger partial charge in [0, 0.05) is 18.1 Å². The lowest BCUT2D eigenvalue weighted by Gasteiger charge is -2.42. The summed E-state index contributed by atoms with van der Waals surface area (Å²) in [6.45, 7) is 5.50. The van der Waals surface area contributed by atoms with E-state index in [2.05, 4.69) is 20.9 Å². The quantitative estimate of drug-likeness (QED) is 0.433. The Kier molecular flexibility index (Phi) is 6.47. The van der Waals surface area contributed by atoms with Gasteiger partial charge in [-0.3, -0.25) is 0 Å². The Hall–Kier alpha value is -1.83. The second kappa shape index (κ2) is 8.68. The summed E-state index contributed by atoms with van der Waals surface area (Å²) in [4.78, 5) is 6.09. The lowest BCUT2D eigenvalue weighted by Crippen LogP contribution is -2.49. The number of ether oxygens (including phenoxy) is 2. The summed E-state index contributed by atoms with van der Waals surface area (Å²) in [5.74, 6) is -0.745. The van der Waals surface area contributed by atoms with Crippen molar-refractivity contribution in [3.63, 3.8) is 0 Å². The Labute approximate surface area is 172 Å². The van der Waals surface area contributed by atoms with Crippen molar-refractivity contribution in [3.05, 3.63) is 63.1 Å². The molecule has 0 spiro atoms. The summed E-state index contributed by atoms with van der Waals surface area (Å²) in [5.41, 5.74) is 1.82. The van der Waals surface area contributed by atoms with Crippen molar-refractivity contribution < 1.29 is 18.3 Å². The number of halogens is 3. The topological polar surface area (TPSA) is 34.1 Å². The van der Waals surface area contributed by atoms with Crippen molar-refractivity contribution in [1.29, 1.82) is 0 Å². The summed E-state index contributed by atoms with van der Waals surface area (Å²) in [7, 11) is 1.88. The van der Waals surface area contributed by atoms with E-state index in [1.165, 1.54) is 18.2 Å². The molecule has 0 bridgehead atoms. The second-order valence-electron chi connectivity index (χ2n) is 6.95. The fourth-order valence-corrected chi connectivity index (χ4v) is 3.33. The van der Waals surface area contributed by atoms with Gasteiger partial charge in [-0.05, 0) is 60.9 Å². The maximum Gasteiger partial charge on any atom is 0.149 e. The van der Waals surface area contributed by atoms with Crippen LogP contribution in [0.25, 0.3) is 0 Å². The number of benzene rings is 2. The van der Waals surface area contributed by atoms with Gasteiger partial charge in [0.1, 0.15) is 22.9 Å². The first kappa shape index (κ1) is 20.9. The van der Waals surface area contributed by atoms with Gasteiger partial charge in [-0.1, -0.05) is 15.9 Å². The molecule has 4 nitrogen and oxygen atoms in total. The highest BCUT2D eigenvalue weighted by atomic mass is 79.9. The van der Waals surface area contributed by atoms with Gasteiger partial charge >= 0.3 is 0 Å². The SMILES string of the molecule is CCN(C)C=Nc1cc(C)c(C2(OCc3cc(F)ccc3Br)COC2)cc1F. The van der Waals surface area contributed by atoms with Gasteiger partial charge in [0.2, 0.25) is 0 Å². The zero-order valence-electron chi connectivity index (χ0n) is 16.1. The Balaban J connectivity index is 1.84. The van der Waals surface area contributed by atoms with Crippen molar-refractivity contribution >= 4 is 28.0 Å². The Morgan fingerprint density at radius 2 is 2.04 bits per heavy atom. The standard InChI is InChI=1S/C21H23BrF2N2O2/c1-4-26(3)13-25-20-7-14(2)17(9-19(20)24)21(11-27-12-21)28-10-15-8-16(23)5-6-18(15)22/h5-9,13H,4,10-12H2,1-3H3. The van der Waals surface area contributed by atoms with E-state index in [0.717, 1.165) is 22.1 Å². The molecule has 1 saturated heterocycles. The van der Waals surface area contributed by atoms with Crippen LogP contribution in [0, 0.1) is 18.6 Å². The van der Waals surface area contributed by atoms with Gasteiger partial charge in [-0.25, -0.2) is 13.8 Å². The monoisotopic (exact) mass is 452 g/mol. The van der Waals surface area contributed by atoms with Crippen LogP contribution in [0.4, 0.5) is 14.5 Å². The first-order chi connectivity index (χ1) is 13.3. The fraction of sp³-hybridized carbons (Fsp3) is 0.381. The van der Waals surface area contributed by atoms with Crippen LogP contribution in [-0.4, -0.2) is 38.0 Å². The molecule has 0 saturated carbocycles. The summed E-state index contributed by atoms with van der Waals surface area (Å²) in [5, 5.41) is 0. The smallest absolute Gasteiger partial charge is 0.149 e. The van der Waals surface area contributed by atoms with E-state index in [4.69, 9.17) is 9.47 Å². The largest absolute Gasteiger partial charge is 0.375 e. The summed E-state index contributed by atoms with van der Waals surface area (Å²) in [6.07, 6.45) is 1.61. The van der Waals surface area contributed by atoms with Crippen LogP contribution in [0.3, 0.4) is 0 Å². The highest BCUT2D eigenvalue weighted by Gasteiger charge is 2.43. The van der Waals surface area contributed by atoms with Crippen molar-refractivity contribution in [2.24, 2.45) is 4.99 Å². The van der Waals surface area contributed by atoms with Gasteiger partial charge in [0.05, 0.1) is 26.2 Å². The first-order valence-corrected chi connectivity index (χ1v) is 9.84. The molecule has 0 aliphatic carbocycles. The molecule has 0 radical (unpaired) electrons. The van der Waals surface area contributed by atoms with Crippen molar-refractivity contribution in [2.75, 3.05) is 26.8 Å². The normalized spacial score (nSPS) is 15.6. The van der Waals surface area contributed by atoms with Crippen molar-refractivity contribution in [3.8, 4) is 0 Å². The number of hydrogen-bond acceptors (Lipinski definition) is 3. The van der Waals surface area contributed by atoms with Crippen molar-refractivity contribution in [2.45, 2.75) is 26.1 Å². The molecule has 1 aliphatic rings. The Morgan fingerprint density at radius 1 is 1.29 bits per heavy atom. The molecule has 0 amide bonds. The van der Waals surface area contributed by atoms with Crippen LogP contribution >= 0.6 is 15.9 Å². The summed E-state index contributed by atoms with van der Waals surface area (Å²) < 4.78 is 40.5. The molecule has 0 atom stereocenters.